The van der Waals surface area contributed by atoms with Gasteiger partial charge in [0.05, 0.1) is 0 Å². The van der Waals surface area contributed by atoms with Crippen molar-refractivity contribution < 1.29 is 9.47 Å². The first kappa shape index (κ1) is 14.6. The van der Waals surface area contributed by atoms with Crippen LogP contribution in [0.4, 0.5) is 0 Å². The van der Waals surface area contributed by atoms with Crippen molar-refractivity contribution in [3.8, 4) is 11.5 Å². The van der Waals surface area contributed by atoms with E-state index in [9.17, 15) is 0 Å². The molecule has 1 saturated heterocycles. The van der Waals surface area contributed by atoms with E-state index >= 15 is 0 Å². The van der Waals surface area contributed by atoms with E-state index < -0.39 is 0 Å². The van der Waals surface area contributed by atoms with Gasteiger partial charge in [-0.1, -0.05) is 6.07 Å². The van der Waals surface area contributed by atoms with Crippen LogP contribution in [0.25, 0.3) is 0 Å². The molecule has 0 aromatic heterocycles. The van der Waals surface area contributed by atoms with E-state index in [2.05, 4.69) is 34.3 Å². The van der Waals surface area contributed by atoms with Gasteiger partial charge in [0.15, 0.2) is 11.5 Å². The van der Waals surface area contributed by atoms with Gasteiger partial charge in [0.1, 0.15) is 0 Å². The normalized spacial score (nSPS) is 21.2. The number of nitrogens with zero attached hydrogens (tertiary/aromatic N) is 2. The Balaban J connectivity index is 1.67. The molecule has 1 aromatic rings. The summed E-state index contributed by atoms with van der Waals surface area (Å²) in [5, 5.41) is 3.44. The highest BCUT2D eigenvalue weighted by Crippen LogP contribution is 2.34. The summed E-state index contributed by atoms with van der Waals surface area (Å²) in [4.78, 5) is 4.96. The maximum Gasteiger partial charge on any atom is 0.231 e. The molecule has 1 N–H and O–H groups in total. The molecule has 1 fully saturated rings. The summed E-state index contributed by atoms with van der Waals surface area (Å²) in [6.45, 7) is 6.03. The van der Waals surface area contributed by atoms with Crippen LogP contribution < -0.4 is 14.8 Å². The monoisotopic (exact) mass is 291 g/mol. The molecule has 21 heavy (non-hydrogen) atoms. The molecule has 5 nitrogen and oxygen atoms in total. The summed E-state index contributed by atoms with van der Waals surface area (Å²) in [5.41, 5.74) is 1.26. The maximum absolute atomic E-state index is 5.49. The summed E-state index contributed by atoms with van der Waals surface area (Å²) >= 11 is 0. The van der Waals surface area contributed by atoms with Gasteiger partial charge in [0.2, 0.25) is 6.79 Å². The minimum absolute atomic E-state index is 0.322. The average molecular weight is 291 g/mol. The lowest BCUT2D eigenvalue weighted by atomic mass is 10.1. The van der Waals surface area contributed by atoms with Crippen LogP contribution in [-0.4, -0.2) is 63.4 Å². The fourth-order valence-corrected chi connectivity index (χ4v) is 3.03. The Morgan fingerprint density at radius 1 is 1.14 bits per heavy atom. The van der Waals surface area contributed by atoms with Crippen molar-refractivity contribution in [1.82, 2.24) is 15.1 Å². The molecule has 2 heterocycles. The van der Waals surface area contributed by atoms with Crippen LogP contribution >= 0.6 is 0 Å². The van der Waals surface area contributed by atoms with E-state index in [0.717, 1.165) is 31.1 Å². The number of ether oxygens (including phenoxy) is 2. The van der Waals surface area contributed by atoms with Crippen molar-refractivity contribution in [3.63, 3.8) is 0 Å². The van der Waals surface area contributed by atoms with Gasteiger partial charge in [-0.15, -0.1) is 0 Å². The van der Waals surface area contributed by atoms with Crippen LogP contribution in [0.1, 0.15) is 18.0 Å². The molecule has 1 atom stereocenters. The first-order valence-corrected chi connectivity index (χ1v) is 7.74. The van der Waals surface area contributed by atoms with Gasteiger partial charge in [0, 0.05) is 25.7 Å². The average Bonchev–Trinajstić information content (AvgIpc) is 2.87. The lowest BCUT2D eigenvalue weighted by molar-refractivity contribution is 0.174. The highest BCUT2D eigenvalue weighted by molar-refractivity contribution is 5.45. The molecule has 2 aliphatic heterocycles. The SMILES string of the molecule is CNC(CN1CCCN(C)CC1)c1ccc2c(c1)OCO2. The van der Waals surface area contributed by atoms with Crippen LogP contribution in [0, 0.1) is 0 Å². The quantitative estimate of drug-likeness (QED) is 0.905. The second kappa shape index (κ2) is 6.64. The Morgan fingerprint density at radius 2 is 2.00 bits per heavy atom. The molecule has 0 aliphatic carbocycles. The Kier molecular flexibility index (Phi) is 4.63. The summed E-state index contributed by atoms with van der Waals surface area (Å²) in [6.07, 6.45) is 1.24. The standard InChI is InChI=1S/C16H25N3O2/c1-17-14(11-19-7-3-6-18(2)8-9-19)13-4-5-15-16(10-13)21-12-20-15/h4-5,10,14,17H,3,6-9,11-12H2,1-2H3. The van der Waals surface area contributed by atoms with Crippen molar-refractivity contribution in [1.29, 1.82) is 0 Å². The Labute approximate surface area is 126 Å². The maximum atomic E-state index is 5.49. The molecule has 1 aromatic carbocycles. The summed E-state index contributed by atoms with van der Waals surface area (Å²) in [5.74, 6) is 1.72. The molecule has 0 spiro atoms. The van der Waals surface area contributed by atoms with Crippen molar-refractivity contribution in [2.24, 2.45) is 0 Å². The minimum atomic E-state index is 0.322. The summed E-state index contributed by atoms with van der Waals surface area (Å²) in [7, 11) is 4.23. The number of fused-ring (bicyclic) bond motifs is 1. The molecular formula is C16H25N3O2. The predicted octanol–water partition coefficient (Wildman–Crippen LogP) is 1.31. The topological polar surface area (TPSA) is 37.0 Å². The van der Waals surface area contributed by atoms with Crippen molar-refractivity contribution in [2.45, 2.75) is 12.5 Å². The fourth-order valence-electron chi connectivity index (χ4n) is 3.03. The highest BCUT2D eigenvalue weighted by Gasteiger charge is 2.20. The van der Waals surface area contributed by atoms with E-state index in [-0.39, 0.29) is 0 Å². The van der Waals surface area contributed by atoms with E-state index in [1.165, 1.54) is 25.1 Å². The van der Waals surface area contributed by atoms with Gasteiger partial charge in [-0.25, -0.2) is 0 Å². The Hall–Kier alpha value is -1.30. The van der Waals surface area contributed by atoms with Crippen LogP contribution in [0.5, 0.6) is 11.5 Å². The van der Waals surface area contributed by atoms with Gasteiger partial charge in [-0.3, -0.25) is 0 Å². The second-order valence-electron chi connectivity index (χ2n) is 5.91. The third-order valence-electron chi connectivity index (χ3n) is 4.40. The smallest absolute Gasteiger partial charge is 0.231 e. The molecule has 0 radical (unpaired) electrons. The number of nitrogens with one attached hydrogen (secondary N) is 1. The van der Waals surface area contributed by atoms with Crippen LogP contribution in [0.3, 0.4) is 0 Å². The summed E-state index contributed by atoms with van der Waals surface area (Å²) < 4.78 is 10.9. The zero-order chi connectivity index (χ0) is 14.7. The van der Waals surface area contributed by atoms with E-state index in [1.54, 1.807) is 0 Å². The molecular weight excluding hydrogens is 266 g/mol. The lowest BCUT2D eigenvalue weighted by Crippen LogP contribution is -2.36. The predicted molar refractivity (Wildman–Crippen MR) is 82.9 cm³/mol. The molecule has 3 rings (SSSR count). The van der Waals surface area contributed by atoms with Crippen molar-refractivity contribution >= 4 is 0 Å². The number of hydrogen-bond donors (Lipinski definition) is 1. The van der Waals surface area contributed by atoms with Crippen LogP contribution in [-0.2, 0) is 0 Å². The minimum Gasteiger partial charge on any atom is -0.454 e. The summed E-state index contributed by atoms with van der Waals surface area (Å²) in [6, 6.07) is 6.58. The van der Waals surface area contributed by atoms with Crippen LogP contribution in [0.2, 0.25) is 0 Å². The molecule has 1 unspecified atom stereocenters. The van der Waals surface area contributed by atoms with E-state index in [4.69, 9.17) is 9.47 Å². The number of hydrogen-bond acceptors (Lipinski definition) is 5. The van der Waals surface area contributed by atoms with Gasteiger partial charge >= 0.3 is 0 Å². The highest BCUT2D eigenvalue weighted by atomic mass is 16.7. The lowest BCUT2D eigenvalue weighted by Gasteiger charge is -2.26. The third kappa shape index (κ3) is 3.48. The molecule has 0 saturated carbocycles. The van der Waals surface area contributed by atoms with Gasteiger partial charge in [-0.2, -0.15) is 0 Å². The third-order valence-corrected chi connectivity index (χ3v) is 4.40. The molecule has 116 valence electrons. The number of rotatable bonds is 4. The Morgan fingerprint density at radius 3 is 2.86 bits per heavy atom. The number of benzene rings is 1. The zero-order valence-electron chi connectivity index (χ0n) is 13.0. The fraction of sp³-hybridized carbons (Fsp3) is 0.625. The van der Waals surface area contributed by atoms with Crippen LogP contribution in [0.15, 0.2) is 18.2 Å². The van der Waals surface area contributed by atoms with Gasteiger partial charge in [0.25, 0.3) is 0 Å². The van der Waals surface area contributed by atoms with Gasteiger partial charge in [-0.05, 0) is 51.3 Å². The molecule has 0 bridgehead atoms. The van der Waals surface area contributed by atoms with Gasteiger partial charge < -0.3 is 24.6 Å². The van der Waals surface area contributed by atoms with Crippen molar-refractivity contribution in [2.75, 3.05) is 53.6 Å². The van der Waals surface area contributed by atoms with Crippen molar-refractivity contribution in [3.05, 3.63) is 23.8 Å². The largest absolute Gasteiger partial charge is 0.454 e. The molecule has 2 aliphatic rings. The van der Waals surface area contributed by atoms with E-state index in [1.807, 2.05) is 13.1 Å². The second-order valence-corrected chi connectivity index (χ2v) is 5.91. The number of likely N-dealkylation sites (N-methyl/N-ethyl adjacent to an activating group) is 2. The van der Waals surface area contributed by atoms with E-state index in [0.29, 0.717) is 12.8 Å². The first-order chi connectivity index (χ1) is 10.3. The zero-order valence-corrected chi connectivity index (χ0v) is 13.0. The molecule has 0 amide bonds. The Bertz CT molecular complexity index is 481. The first-order valence-electron chi connectivity index (χ1n) is 7.74. The molecule has 5 heteroatoms.